The number of benzene rings is 3. The largest absolute Gasteiger partial charge is 0.492 e. The molecule has 3 heterocycles. The minimum atomic E-state index is -3.59. The van der Waals surface area contributed by atoms with Crippen LogP contribution in [0.5, 0.6) is 17.2 Å². The van der Waals surface area contributed by atoms with E-state index >= 15 is 0 Å². The van der Waals surface area contributed by atoms with Crippen molar-refractivity contribution in [1.82, 2.24) is 19.6 Å². The summed E-state index contributed by atoms with van der Waals surface area (Å²) in [4.78, 5) is 21.2. The number of carbonyl (C=O) groups is 1. The zero-order valence-electron chi connectivity index (χ0n) is 28.3. The van der Waals surface area contributed by atoms with Crippen LogP contribution < -0.4 is 24.8 Å². The van der Waals surface area contributed by atoms with Crippen LogP contribution >= 0.6 is 11.3 Å². The van der Waals surface area contributed by atoms with Crippen molar-refractivity contribution in [3.8, 4) is 17.2 Å². The molecule has 0 saturated carbocycles. The van der Waals surface area contributed by atoms with Gasteiger partial charge < -0.3 is 24.8 Å². The lowest BCUT2D eigenvalue weighted by atomic mass is 9.86. The van der Waals surface area contributed by atoms with Crippen molar-refractivity contribution in [3.63, 3.8) is 0 Å². The van der Waals surface area contributed by atoms with Gasteiger partial charge in [-0.2, -0.15) is 0 Å². The number of urea groups is 1. The molecule has 1 fully saturated rings. The Balaban J connectivity index is 1.17. The number of morpholine rings is 1. The molecule has 49 heavy (non-hydrogen) atoms. The summed E-state index contributed by atoms with van der Waals surface area (Å²) in [5.74, 6) is 1.40. The Labute approximate surface area is 290 Å². The monoisotopic (exact) mass is 706 g/mol. The first-order valence-corrected chi connectivity index (χ1v) is 18.6. The van der Waals surface area contributed by atoms with E-state index in [0.717, 1.165) is 64.8 Å². The number of thiazole rings is 1. The number of para-hydroxylation sites is 1. The molecule has 14 heteroatoms. The lowest BCUT2D eigenvalue weighted by molar-refractivity contribution is 0.0336. The maximum atomic E-state index is 13.2. The minimum Gasteiger partial charge on any atom is -0.492 e. The zero-order valence-corrected chi connectivity index (χ0v) is 30.0. The summed E-state index contributed by atoms with van der Waals surface area (Å²) < 4.78 is 48.2. The van der Waals surface area contributed by atoms with E-state index < -0.39 is 16.1 Å². The molecule has 0 atom stereocenters. The summed E-state index contributed by atoms with van der Waals surface area (Å²) in [6.07, 6.45) is 1.95. The van der Waals surface area contributed by atoms with Crippen LogP contribution in [-0.2, 0) is 33.3 Å². The number of fused-ring (bicyclic) bond motifs is 3. The second-order valence-corrected chi connectivity index (χ2v) is 15.9. The second kappa shape index (κ2) is 14.2. The van der Waals surface area contributed by atoms with Crippen LogP contribution in [0.4, 0.5) is 16.2 Å². The van der Waals surface area contributed by atoms with E-state index in [9.17, 15) is 13.2 Å². The second-order valence-electron chi connectivity index (χ2n) is 12.9. The van der Waals surface area contributed by atoms with E-state index in [1.807, 2.05) is 63.4 Å². The molecule has 3 aromatic carbocycles. The van der Waals surface area contributed by atoms with Gasteiger partial charge in [0.15, 0.2) is 10.7 Å². The first kappa shape index (κ1) is 34.5. The highest BCUT2D eigenvalue weighted by atomic mass is 32.2. The van der Waals surface area contributed by atoms with E-state index in [-0.39, 0.29) is 29.1 Å². The highest BCUT2D eigenvalue weighted by Crippen LogP contribution is 2.39. The molecule has 1 aliphatic heterocycles. The number of amides is 2. The number of hydrogen-bond donors (Lipinski definition) is 3. The lowest BCUT2D eigenvalue weighted by Gasteiger charge is -2.26. The van der Waals surface area contributed by atoms with Crippen molar-refractivity contribution in [1.29, 1.82) is 0 Å². The van der Waals surface area contributed by atoms with Gasteiger partial charge in [-0.15, -0.1) is 0 Å². The minimum absolute atomic E-state index is 0.105. The van der Waals surface area contributed by atoms with Gasteiger partial charge in [-0.3, -0.25) is 14.0 Å². The summed E-state index contributed by atoms with van der Waals surface area (Å²) >= 11 is 1.61. The van der Waals surface area contributed by atoms with E-state index in [0.29, 0.717) is 17.2 Å². The Morgan fingerprint density at radius 1 is 1.06 bits per heavy atom. The highest BCUT2D eigenvalue weighted by molar-refractivity contribution is 7.92. The summed E-state index contributed by atoms with van der Waals surface area (Å²) in [6, 6.07) is 16.6. The molecule has 1 aliphatic rings. The zero-order chi connectivity index (χ0) is 34.8. The van der Waals surface area contributed by atoms with Gasteiger partial charge in [0.2, 0.25) is 10.0 Å². The number of sulfonamides is 1. The smallest absolute Gasteiger partial charge is 0.319 e. The number of imidazole rings is 1. The Morgan fingerprint density at radius 3 is 2.55 bits per heavy atom. The third-order valence-electron chi connectivity index (χ3n) is 8.36. The van der Waals surface area contributed by atoms with Crippen molar-refractivity contribution < 1.29 is 27.4 Å². The molecule has 260 valence electrons. The van der Waals surface area contributed by atoms with Gasteiger partial charge in [0, 0.05) is 37.8 Å². The first-order chi connectivity index (χ1) is 23.4. The Hall–Kier alpha value is -4.37. The quantitative estimate of drug-likeness (QED) is 0.141. The number of aromatic nitrogens is 2. The lowest BCUT2D eigenvalue weighted by Crippen LogP contribution is -2.35. The van der Waals surface area contributed by atoms with Crippen LogP contribution in [0.3, 0.4) is 0 Å². The Morgan fingerprint density at radius 2 is 1.82 bits per heavy atom. The summed E-state index contributed by atoms with van der Waals surface area (Å²) in [5.41, 5.74) is 4.09. The molecule has 2 aromatic heterocycles. The number of ether oxygens (including phenoxy) is 3. The van der Waals surface area contributed by atoms with Crippen molar-refractivity contribution >= 4 is 53.9 Å². The van der Waals surface area contributed by atoms with Crippen LogP contribution in [0.1, 0.15) is 44.5 Å². The SMILES string of the molecule is CCS(=O)(=O)Nc1cc(C(C)(C)C)cc(NC(=O)NCc2ccccc2Oc2ccc3c(c2)sc2ncc(CN4CCOCC4)n23)c1OC. The number of carbonyl (C=O) groups excluding carboxylic acids is 1. The third-order valence-corrected chi connectivity index (χ3v) is 10.7. The maximum Gasteiger partial charge on any atom is 0.319 e. The summed E-state index contributed by atoms with van der Waals surface area (Å²) in [7, 11) is -2.16. The molecule has 0 radical (unpaired) electrons. The Bertz CT molecular complexity index is 2080. The van der Waals surface area contributed by atoms with Crippen LogP contribution in [0, 0.1) is 0 Å². The van der Waals surface area contributed by atoms with Crippen molar-refractivity contribution in [3.05, 3.63) is 77.6 Å². The number of nitrogens with zero attached hydrogens (tertiary/aromatic N) is 3. The average molecular weight is 707 g/mol. The maximum absolute atomic E-state index is 13.2. The molecule has 0 aliphatic carbocycles. The molecule has 0 bridgehead atoms. The molecule has 0 unspecified atom stereocenters. The Kier molecular flexibility index (Phi) is 10.0. The molecule has 0 spiro atoms. The van der Waals surface area contributed by atoms with Gasteiger partial charge in [-0.25, -0.2) is 18.2 Å². The number of hydrogen-bond acceptors (Lipinski definition) is 9. The first-order valence-electron chi connectivity index (χ1n) is 16.2. The highest BCUT2D eigenvalue weighted by Gasteiger charge is 2.23. The third kappa shape index (κ3) is 7.93. The number of methoxy groups -OCH3 is 1. The van der Waals surface area contributed by atoms with Crippen molar-refractivity contribution in [2.45, 2.75) is 46.2 Å². The average Bonchev–Trinajstić information content (AvgIpc) is 3.63. The van der Waals surface area contributed by atoms with Crippen LogP contribution in [-0.4, -0.2) is 67.9 Å². The molecule has 6 rings (SSSR count). The van der Waals surface area contributed by atoms with Gasteiger partial charge >= 0.3 is 6.03 Å². The normalized spacial score (nSPS) is 14.2. The molecular formula is C35H42N6O6S2. The molecule has 1 saturated heterocycles. The van der Waals surface area contributed by atoms with E-state index in [1.54, 1.807) is 30.4 Å². The fraction of sp³-hybridized carbons (Fsp3) is 0.371. The number of nitrogens with one attached hydrogen (secondary N) is 3. The van der Waals surface area contributed by atoms with Crippen LogP contribution in [0.2, 0.25) is 0 Å². The molecule has 5 aromatic rings. The topological polar surface area (TPSA) is 136 Å². The fourth-order valence-corrected chi connectivity index (χ4v) is 7.31. The molecule has 2 amide bonds. The summed E-state index contributed by atoms with van der Waals surface area (Å²) in [6.45, 7) is 11.9. The van der Waals surface area contributed by atoms with Crippen LogP contribution in [0.25, 0.3) is 15.2 Å². The number of anilines is 2. The molecular weight excluding hydrogens is 665 g/mol. The van der Waals surface area contributed by atoms with Gasteiger partial charge in [0.1, 0.15) is 11.5 Å². The fourth-order valence-electron chi connectivity index (χ4n) is 5.63. The predicted octanol–water partition coefficient (Wildman–Crippen LogP) is 6.56. The van der Waals surface area contributed by atoms with Crippen LogP contribution in [0.15, 0.2) is 60.8 Å². The van der Waals surface area contributed by atoms with Gasteiger partial charge in [0.05, 0.1) is 59.6 Å². The molecule has 12 nitrogen and oxygen atoms in total. The standard InChI is InChI=1S/C35H42N6O6S2/c1-6-49(43,44)39-28-18-24(35(2,3)4)17-27(32(28)45-5)38-33(42)36-20-23-9-7-8-10-30(23)47-26-11-12-29-31(19-26)48-34-37-21-25(41(29)34)22-40-13-15-46-16-14-40/h7-12,17-19,21,39H,6,13-16,20,22H2,1-5H3,(H2,36,38,42). The van der Waals surface area contributed by atoms with Gasteiger partial charge in [0.25, 0.3) is 0 Å². The van der Waals surface area contributed by atoms with E-state index in [1.165, 1.54) is 7.11 Å². The molecule has 3 N–H and O–H groups in total. The van der Waals surface area contributed by atoms with Crippen molar-refractivity contribution in [2.75, 3.05) is 49.2 Å². The predicted molar refractivity (Wildman–Crippen MR) is 194 cm³/mol. The van der Waals surface area contributed by atoms with Crippen molar-refractivity contribution in [2.24, 2.45) is 0 Å². The van der Waals surface area contributed by atoms with Gasteiger partial charge in [-0.05, 0) is 48.2 Å². The number of rotatable bonds is 11. The van der Waals surface area contributed by atoms with Gasteiger partial charge in [-0.1, -0.05) is 50.3 Å². The van der Waals surface area contributed by atoms with E-state index in [4.69, 9.17) is 14.2 Å². The van der Waals surface area contributed by atoms with E-state index in [2.05, 4.69) is 35.7 Å². The summed E-state index contributed by atoms with van der Waals surface area (Å²) in [5, 5.41) is 5.75.